The van der Waals surface area contributed by atoms with Crippen LogP contribution in [0.4, 0.5) is 0 Å². The van der Waals surface area contributed by atoms with Crippen molar-refractivity contribution in [2.75, 3.05) is 7.11 Å². The van der Waals surface area contributed by atoms with Crippen LogP contribution in [0.15, 0.2) is 41.3 Å². The molecule has 1 amide bonds. The molecule has 8 nitrogen and oxygen atoms in total. The Hall–Kier alpha value is -3.13. The fourth-order valence-electron chi connectivity index (χ4n) is 2.47. The lowest BCUT2D eigenvalue weighted by Crippen LogP contribution is -2.23. The number of aromatic nitrogens is 4. The number of benzene rings is 1. The molecule has 0 atom stereocenters. The Morgan fingerprint density at radius 3 is 2.85 bits per heavy atom. The van der Waals surface area contributed by atoms with Crippen LogP contribution in [0.5, 0.6) is 5.75 Å². The number of hydrogen-bond acceptors (Lipinski definition) is 5. The molecule has 3 aromatic rings. The van der Waals surface area contributed by atoms with Crippen molar-refractivity contribution in [3.63, 3.8) is 0 Å². The van der Waals surface area contributed by atoms with E-state index in [4.69, 9.17) is 16.3 Å². The van der Waals surface area contributed by atoms with E-state index >= 15 is 0 Å². The minimum absolute atomic E-state index is 0.254. The Bertz CT molecular complexity index is 991. The largest absolute Gasteiger partial charge is 0.496 e. The van der Waals surface area contributed by atoms with Crippen LogP contribution in [0.25, 0.3) is 5.82 Å². The third-order valence-electron chi connectivity index (χ3n) is 3.82. The van der Waals surface area contributed by atoms with Gasteiger partial charge in [-0.05, 0) is 31.2 Å². The number of nitrogens with zero attached hydrogens (tertiary/aromatic N) is 3. The molecule has 0 bridgehead atoms. The van der Waals surface area contributed by atoms with Crippen molar-refractivity contribution in [1.29, 1.82) is 0 Å². The first-order valence-corrected chi connectivity index (χ1v) is 8.08. The fourth-order valence-corrected chi connectivity index (χ4v) is 2.67. The van der Waals surface area contributed by atoms with Gasteiger partial charge in [0.1, 0.15) is 5.75 Å². The second kappa shape index (κ2) is 7.40. The topological polar surface area (TPSA) is 102 Å². The summed E-state index contributed by atoms with van der Waals surface area (Å²) in [6.07, 6.45) is 1.45. The van der Waals surface area contributed by atoms with E-state index in [1.807, 2.05) is 0 Å². The summed E-state index contributed by atoms with van der Waals surface area (Å²) in [4.78, 5) is 23.6. The zero-order valence-corrected chi connectivity index (χ0v) is 14.9. The van der Waals surface area contributed by atoms with Crippen LogP contribution in [0.2, 0.25) is 5.02 Å². The van der Waals surface area contributed by atoms with Gasteiger partial charge in [0.15, 0.2) is 5.82 Å². The molecule has 0 spiro atoms. The maximum Gasteiger partial charge on any atom is 0.264 e. The SMILES string of the molecule is COc1ccc(Cl)cc1CNC(=O)c1cnn(-c2ccc(=O)[nH]n2)c1C. The van der Waals surface area contributed by atoms with Gasteiger partial charge >= 0.3 is 0 Å². The third-order valence-corrected chi connectivity index (χ3v) is 4.05. The molecule has 0 aliphatic rings. The highest BCUT2D eigenvalue weighted by Crippen LogP contribution is 2.22. The van der Waals surface area contributed by atoms with Gasteiger partial charge in [-0.3, -0.25) is 9.59 Å². The molecule has 3 rings (SSSR count). The van der Waals surface area contributed by atoms with Gasteiger partial charge in [-0.15, -0.1) is 0 Å². The molecule has 134 valence electrons. The summed E-state index contributed by atoms with van der Waals surface area (Å²) in [7, 11) is 1.56. The van der Waals surface area contributed by atoms with Crippen molar-refractivity contribution < 1.29 is 9.53 Å². The van der Waals surface area contributed by atoms with E-state index in [-0.39, 0.29) is 18.0 Å². The second-order valence-corrected chi connectivity index (χ2v) is 5.91. The van der Waals surface area contributed by atoms with E-state index in [1.165, 1.54) is 23.0 Å². The Labute approximate surface area is 153 Å². The molecule has 0 radical (unpaired) electrons. The molecular formula is C17H16ClN5O3. The lowest BCUT2D eigenvalue weighted by Gasteiger charge is -2.10. The Morgan fingerprint density at radius 1 is 1.35 bits per heavy atom. The average molecular weight is 374 g/mol. The lowest BCUT2D eigenvalue weighted by atomic mass is 10.2. The van der Waals surface area contributed by atoms with Crippen LogP contribution in [-0.4, -0.2) is 33.0 Å². The first kappa shape index (κ1) is 17.7. The van der Waals surface area contributed by atoms with Crippen molar-refractivity contribution in [2.24, 2.45) is 0 Å². The van der Waals surface area contributed by atoms with Gasteiger partial charge in [-0.25, -0.2) is 9.78 Å². The highest BCUT2D eigenvalue weighted by atomic mass is 35.5. The summed E-state index contributed by atoms with van der Waals surface area (Å²) in [5, 5.41) is 13.8. The second-order valence-electron chi connectivity index (χ2n) is 5.47. The molecule has 2 aromatic heterocycles. The minimum atomic E-state index is -0.313. The third kappa shape index (κ3) is 3.60. The number of ether oxygens (including phenoxy) is 1. The van der Waals surface area contributed by atoms with Crippen molar-refractivity contribution in [3.05, 3.63) is 68.7 Å². The summed E-state index contributed by atoms with van der Waals surface area (Å²) in [6, 6.07) is 8.07. The summed E-state index contributed by atoms with van der Waals surface area (Å²) >= 11 is 6.00. The van der Waals surface area contributed by atoms with Crippen LogP contribution in [0.1, 0.15) is 21.6 Å². The first-order valence-electron chi connectivity index (χ1n) is 7.71. The molecular weight excluding hydrogens is 358 g/mol. The summed E-state index contributed by atoms with van der Waals surface area (Å²) in [6.45, 7) is 2.00. The number of H-pyrrole nitrogens is 1. The van der Waals surface area contributed by atoms with E-state index in [2.05, 4.69) is 20.6 Å². The smallest absolute Gasteiger partial charge is 0.264 e. The number of aromatic amines is 1. The standard InChI is InChI=1S/C17H16ClN5O3/c1-10-13(9-20-23(10)15-5-6-16(24)22-21-15)17(25)19-8-11-7-12(18)3-4-14(11)26-2/h3-7,9H,8H2,1-2H3,(H,19,25)(H,22,24). The summed E-state index contributed by atoms with van der Waals surface area (Å²) < 4.78 is 6.75. The molecule has 1 aromatic carbocycles. The van der Waals surface area contributed by atoms with E-state index < -0.39 is 0 Å². The Morgan fingerprint density at radius 2 is 2.15 bits per heavy atom. The number of hydrogen-bond donors (Lipinski definition) is 2. The number of rotatable bonds is 5. The zero-order chi connectivity index (χ0) is 18.7. The average Bonchev–Trinajstić information content (AvgIpc) is 3.02. The number of nitrogens with one attached hydrogen (secondary N) is 2. The fraction of sp³-hybridized carbons (Fsp3) is 0.176. The molecule has 2 N–H and O–H groups in total. The summed E-state index contributed by atoms with van der Waals surface area (Å²) in [5.41, 5.74) is 1.45. The highest BCUT2D eigenvalue weighted by Gasteiger charge is 2.16. The number of amides is 1. The van der Waals surface area contributed by atoms with Crippen LogP contribution < -0.4 is 15.6 Å². The number of carbonyl (C=O) groups is 1. The van der Waals surface area contributed by atoms with Crippen molar-refractivity contribution in [2.45, 2.75) is 13.5 Å². The van der Waals surface area contributed by atoms with Crippen LogP contribution >= 0.6 is 11.6 Å². The van der Waals surface area contributed by atoms with Crippen molar-refractivity contribution in [1.82, 2.24) is 25.3 Å². The summed E-state index contributed by atoms with van der Waals surface area (Å²) in [5.74, 6) is 0.762. The van der Waals surface area contributed by atoms with Crippen molar-refractivity contribution in [3.8, 4) is 11.6 Å². The van der Waals surface area contributed by atoms with Gasteiger partial charge in [0.05, 0.1) is 24.6 Å². The van der Waals surface area contributed by atoms with Crippen LogP contribution in [0, 0.1) is 6.92 Å². The van der Waals surface area contributed by atoms with E-state index in [9.17, 15) is 9.59 Å². The van der Waals surface area contributed by atoms with E-state index in [1.54, 1.807) is 32.2 Å². The Kier molecular flexibility index (Phi) is 5.04. The zero-order valence-electron chi connectivity index (χ0n) is 14.1. The maximum atomic E-state index is 12.5. The van der Waals surface area contributed by atoms with E-state index in [0.717, 1.165) is 5.56 Å². The first-order chi connectivity index (χ1) is 12.5. The van der Waals surface area contributed by atoms with Crippen LogP contribution in [-0.2, 0) is 6.54 Å². The molecule has 2 heterocycles. The number of halogens is 1. The Balaban J connectivity index is 1.78. The predicted molar refractivity (Wildman–Crippen MR) is 95.9 cm³/mol. The van der Waals surface area contributed by atoms with Crippen molar-refractivity contribution >= 4 is 17.5 Å². The van der Waals surface area contributed by atoms with Gasteiger partial charge in [0, 0.05) is 23.2 Å². The monoisotopic (exact) mass is 373 g/mol. The quantitative estimate of drug-likeness (QED) is 0.710. The molecule has 0 fully saturated rings. The van der Waals surface area contributed by atoms with Gasteiger partial charge in [0.25, 0.3) is 11.5 Å². The molecule has 0 aliphatic heterocycles. The molecule has 0 unspecified atom stereocenters. The number of carbonyl (C=O) groups excluding carboxylic acids is 1. The highest BCUT2D eigenvalue weighted by molar-refractivity contribution is 6.30. The van der Waals surface area contributed by atoms with E-state index in [0.29, 0.717) is 27.8 Å². The molecule has 0 aliphatic carbocycles. The lowest BCUT2D eigenvalue weighted by molar-refractivity contribution is 0.0950. The predicted octanol–water partition coefficient (Wildman–Crippen LogP) is 1.86. The number of methoxy groups -OCH3 is 1. The molecule has 0 saturated heterocycles. The van der Waals surface area contributed by atoms with Gasteiger partial charge in [-0.2, -0.15) is 10.2 Å². The normalized spacial score (nSPS) is 10.6. The van der Waals surface area contributed by atoms with Gasteiger partial charge in [0.2, 0.25) is 0 Å². The van der Waals surface area contributed by atoms with Gasteiger partial charge < -0.3 is 10.1 Å². The molecule has 9 heteroatoms. The maximum absolute atomic E-state index is 12.5. The minimum Gasteiger partial charge on any atom is -0.496 e. The van der Waals surface area contributed by atoms with Crippen LogP contribution in [0.3, 0.4) is 0 Å². The molecule has 0 saturated carbocycles. The van der Waals surface area contributed by atoms with Gasteiger partial charge in [-0.1, -0.05) is 11.6 Å². The molecule has 26 heavy (non-hydrogen) atoms.